The fourth-order valence-corrected chi connectivity index (χ4v) is 3.38. The summed E-state index contributed by atoms with van der Waals surface area (Å²) in [6.07, 6.45) is 20.9. The zero-order valence-corrected chi connectivity index (χ0v) is 19.6. The summed E-state index contributed by atoms with van der Waals surface area (Å²) in [5.74, 6) is -0.733. The van der Waals surface area contributed by atoms with Gasteiger partial charge in [0.1, 0.15) is 0 Å². The second-order valence-corrected chi connectivity index (χ2v) is 8.35. The third-order valence-electron chi connectivity index (χ3n) is 5.37. The van der Waals surface area contributed by atoms with Gasteiger partial charge in [-0.15, -0.1) is 0 Å². The second kappa shape index (κ2) is 21.6. The quantitative estimate of drug-likeness (QED) is 0.144. The maximum atomic E-state index is 11.8. The van der Waals surface area contributed by atoms with Gasteiger partial charge in [0.2, 0.25) is 0 Å². The van der Waals surface area contributed by atoms with Crippen LogP contribution in [0.1, 0.15) is 136 Å². The largest absolute Gasteiger partial charge is 0.463 e. The lowest BCUT2D eigenvalue weighted by molar-refractivity contribution is -0.166. The van der Waals surface area contributed by atoms with Crippen LogP contribution in [-0.2, 0) is 19.1 Å². The molecule has 0 saturated carbocycles. The van der Waals surface area contributed by atoms with E-state index in [4.69, 9.17) is 9.47 Å². The molecule has 172 valence electrons. The van der Waals surface area contributed by atoms with Crippen molar-refractivity contribution >= 4 is 11.9 Å². The van der Waals surface area contributed by atoms with Crippen molar-refractivity contribution < 1.29 is 19.1 Å². The number of hydrogen-bond donors (Lipinski definition) is 0. The Bertz CT molecular complexity index is 381. The van der Waals surface area contributed by atoms with E-state index < -0.39 is 12.1 Å². The zero-order chi connectivity index (χ0) is 21.6. The molecule has 0 aromatic rings. The molecule has 4 nitrogen and oxygen atoms in total. The first kappa shape index (κ1) is 27.9. The Hall–Kier alpha value is -1.06. The maximum absolute atomic E-state index is 11.8. The summed E-state index contributed by atoms with van der Waals surface area (Å²) in [6, 6.07) is 0. The number of esters is 2. The molecule has 0 heterocycles. The van der Waals surface area contributed by atoms with E-state index >= 15 is 0 Å². The highest BCUT2D eigenvalue weighted by Crippen LogP contribution is 2.14. The smallest absolute Gasteiger partial charge is 0.347 e. The van der Waals surface area contributed by atoms with Crippen LogP contribution < -0.4 is 0 Å². The highest BCUT2D eigenvalue weighted by atomic mass is 16.6. The predicted octanol–water partition coefficient (Wildman–Crippen LogP) is 7.52. The number of ether oxygens (including phenoxy) is 2. The zero-order valence-electron chi connectivity index (χ0n) is 19.6. The molecule has 0 aromatic carbocycles. The van der Waals surface area contributed by atoms with E-state index in [1.165, 1.54) is 83.5 Å². The van der Waals surface area contributed by atoms with Gasteiger partial charge in [-0.1, -0.05) is 110 Å². The molecule has 0 radical (unpaired) electrons. The molecule has 0 spiro atoms. The highest BCUT2D eigenvalue weighted by molar-refractivity contribution is 5.78. The van der Waals surface area contributed by atoms with Gasteiger partial charge in [-0.25, -0.2) is 4.79 Å². The van der Waals surface area contributed by atoms with Crippen LogP contribution in [0.15, 0.2) is 0 Å². The Morgan fingerprint density at radius 1 is 0.621 bits per heavy atom. The minimum Gasteiger partial charge on any atom is -0.463 e. The van der Waals surface area contributed by atoms with Crippen molar-refractivity contribution in [3.63, 3.8) is 0 Å². The molecule has 0 aliphatic heterocycles. The SMILES string of the molecule is CCCCCCCCCCCCCCCCCC(=O)OC(C)C(=O)OCCCC. The first-order valence-electron chi connectivity index (χ1n) is 12.5. The predicted molar refractivity (Wildman–Crippen MR) is 121 cm³/mol. The van der Waals surface area contributed by atoms with Crippen molar-refractivity contribution in [3.05, 3.63) is 0 Å². The minimum absolute atomic E-state index is 0.292. The normalized spacial score (nSPS) is 12.0. The van der Waals surface area contributed by atoms with Crippen LogP contribution in [0, 0.1) is 0 Å². The summed E-state index contributed by atoms with van der Waals surface area (Å²) in [5.41, 5.74) is 0. The van der Waals surface area contributed by atoms with Crippen molar-refractivity contribution in [2.45, 2.75) is 142 Å². The molecule has 0 bridgehead atoms. The Morgan fingerprint density at radius 3 is 1.48 bits per heavy atom. The summed E-state index contributed by atoms with van der Waals surface area (Å²) in [7, 11) is 0. The van der Waals surface area contributed by atoms with Gasteiger partial charge in [0.15, 0.2) is 6.10 Å². The van der Waals surface area contributed by atoms with Crippen molar-refractivity contribution in [2.75, 3.05) is 6.61 Å². The molecule has 0 fully saturated rings. The molecule has 1 atom stereocenters. The fraction of sp³-hybridized carbons (Fsp3) is 0.920. The van der Waals surface area contributed by atoms with Gasteiger partial charge in [0, 0.05) is 6.42 Å². The topological polar surface area (TPSA) is 52.6 Å². The lowest BCUT2D eigenvalue weighted by Crippen LogP contribution is -2.26. The molecule has 29 heavy (non-hydrogen) atoms. The Morgan fingerprint density at radius 2 is 1.03 bits per heavy atom. The Kier molecular flexibility index (Phi) is 20.9. The van der Waals surface area contributed by atoms with E-state index in [-0.39, 0.29) is 5.97 Å². The number of unbranched alkanes of at least 4 members (excludes halogenated alkanes) is 15. The highest BCUT2D eigenvalue weighted by Gasteiger charge is 2.18. The average Bonchev–Trinajstić information content (AvgIpc) is 2.70. The van der Waals surface area contributed by atoms with Gasteiger partial charge in [-0.2, -0.15) is 0 Å². The molecule has 0 aromatic heterocycles. The second-order valence-electron chi connectivity index (χ2n) is 8.35. The molecule has 0 amide bonds. The van der Waals surface area contributed by atoms with E-state index in [0.29, 0.717) is 13.0 Å². The fourth-order valence-electron chi connectivity index (χ4n) is 3.38. The first-order valence-corrected chi connectivity index (χ1v) is 12.5. The lowest BCUT2D eigenvalue weighted by atomic mass is 10.0. The summed E-state index contributed by atoms with van der Waals surface area (Å²) in [6.45, 7) is 6.29. The summed E-state index contributed by atoms with van der Waals surface area (Å²) >= 11 is 0. The van der Waals surface area contributed by atoms with Crippen LogP contribution >= 0.6 is 0 Å². The van der Waals surface area contributed by atoms with Crippen LogP contribution in [0.25, 0.3) is 0 Å². The van der Waals surface area contributed by atoms with E-state index in [1.54, 1.807) is 6.92 Å². The van der Waals surface area contributed by atoms with Gasteiger partial charge in [0.25, 0.3) is 0 Å². The van der Waals surface area contributed by atoms with E-state index in [2.05, 4.69) is 6.92 Å². The molecule has 0 aliphatic carbocycles. The minimum atomic E-state index is -0.796. The summed E-state index contributed by atoms with van der Waals surface area (Å²) in [4.78, 5) is 23.5. The van der Waals surface area contributed by atoms with Crippen LogP contribution in [-0.4, -0.2) is 24.6 Å². The maximum Gasteiger partial charge on any atom is 0.347 e. The van der Waals surface area contributed by atoms with Crippen LogP contribution in [0.4, 0.5) is 0 Å². The van der Waals surface area contributed by atoms with Crippen LogP contribution in [0.2, 0.25) is 0 Å². The number of hydrogen-bond acceptors (Lipinski definition) is 4. The van der Waals surface area contributed by atoms with Crippen molar-refractivity contribution in [3.8, 4) is 0 Å². The molecular weight excluding hydrogens is 364 g/mol. The number of carbonyl (C=O) groups is 2. The van der Waals surface area contributed by atoms with Crippen molar-refractivity contribution in [1.82, 2.24) is 0 Å². The van der Waals surface area contributed by atoms with Gasteiger partial charge < -0.3 is 9.47 Å². The summed E-state index contributed by atoms with van der Waals surface area (Å²) in [5, 5.41) is 0. The molecule has 0 rings (SSSR count). The molecular formula is C25H48O4. The van der Waals surface area contributed by atoms with Gasteiger partial charge in [-0.3, -0.25) is 4.79 Å². The summed E-state index contributed by atoms with van der Waals surface area (Å²) < 4.78 is 10.2. The average molecular weight is 413 g/mol. The van der Waals surface area contributed by atoms with Crippen molar-refractivity contribution in [1.29, 1.82) is 0 Å². The van der Waals surface area contributed by atoms with E-state index in [1.807, 2.05) is 6.92 Å². The molecule has 0 saturated heterocycles. The third kappa shape index (κ3) is 20.0. The van der Waals surface area contributed by atoms with Crippen LogP contribution in [0.5, 0.6) is 0 Å². The Balaban J connectivity index is 3.35. The monoisotopic (exact) mass is 412 g/mol. The first-order chi connectivity index (χ1) is 14.1. The van der Waals surface area contributed by atoms with E-state index in [9.17, 15) is 9.59 Å². The standard InChI is InChI=1S/C25H48O4/c1-4-6-8-9-10-11-12-13-14-15-16-17-18-19-20-21-24(26)29-23(3)25(27)28-22-7-5-2/h23H,4-22H2,1-3H3. The van der Waals surface area contributed by atoms with Crippen LogP contribution in [0.3, 0.4) is 0 Å². The van der Waals surface area contributed by atoms with E-state index in [0.717, 1.165) is 25.7 Å². The number of rotatable bonds is 21. The molecule has 0 aliphatic rings. The van der Waals surface area contributed by atoms with Gasteiger partial charge in [0.05, 0.1) is 6.61 Å². The molecule has 1 unspecified atom stereocenters. The third-order valence-corrected chi connectivity index (χ3v) is 5.37. The van der Waals surface area contributed by atoms with Crippen molar-refractivity contribution in [2.24, 2.45) is 0 Å². The lowest BCUT2D eigenvalue weighted by Gasteiger charge is -2.12. The van der Waals surface area contributed by atoms with Gasteiger partial charge in [-0.05, 0) is 19.8 Å². The molecule has 0 N–H and O–H groups in total. The Labute approximate surface area is 180 Å². The van der Waals surface area contributed by atoms with Gasteiger partial charge >= 0.3 is 11.9 Å². The molecule has 4 heteroatoms. The number of carbonyl (C=O) groups excluding carboxylic acids is 2.